The highest BCUT2D eigenvalue weighted by molar-refractivity contribution is 5.02. The third-order valence-electron chi connectivity index (χ3n) is 4.58. The number of hydrogen-bond donors (Lipinski definition) is 0. The van der Waals surface area contributed by atoms with Crippen molar-refractivity contribution in [2.45, 2.75) is 84.7 Å². The molecule has 0 aliphatic carbocycles. The summed E-state index contributed by atoms with van der Waals surface area (Å²) in [4.78, 5) is 0. The van der Waals surface area contributed by atoms with E-state index in [0.717, 1.165) is 6.42 Å². The number of rotatable bonds is 12. The highest BCUT2D eigenvalue weighted by Crippen LogP contribution is 2.36. The second-order valence-corrected chi connectivity index (χ2v) is 6.12. The van der Waals surface area contributed by atoms with Gasteiger partial charge in [0.15, 0.2) is 0 Å². The Hall–Kier alpha value is -0.300. The van der Waals surface area contributed by atoms with E-state index in [2.05, 4.69) is 34.3 Å². The van der Waals surface area contributed by atoms with Crippen molar-refractivity contribution in [3.05, 3.63) is 12.7 Å². The molecule has 0 fully saturated rings. The first-order valence-corrected chi connectivity index (χ1v) is 8.26. The number of unbranched alkanes of at least 4 members (excludes halogenated alkanes) is 5. The van der Waals surface area contributed by atoms with Crippen LogP contribution in [0.3, 0.4) is 0 Å². The summed E-state index contributed by atoms with van der Waals surface area (Å²) in [5, 5.41) is 0. The zero-order valence-corrected chi connectivity index (χ0v) is 14.0. The van der Waals surface area contributed by atoms with Gasteiger partial charge in [0, 0.05) is 7.11 Å². The van der Waals surface area contributed by atoms with Crippen molar-refractivity contribution in [2.24, 2.45) is 11.8 Å². The van der Waals surface area contributed by atoms with E-state index in [9.17, 15) is 0 Å². The minimum Gasteiger partial charge on any atom is -0.374 e. The third-order valence-corrected chi connectivity index (χ3v) is 4.58. The van der Waals surface area contributed by atoms with Crippen LogP contribution in [0.2, 0.25) is 0 Å². The smallest absolute Gasteiger partial charge is 0.0883 e. The molecular formula is C18H36O. The molecule has 0 saturated heterocycles. The zero-order valence-electron chi connectivity index (χ0n) is 14.0. The fourth-order valence-electron chi connectivity index (χ4n) is 3.22. The van der Waals surface area contributed by atoms with Gasteiger partial charge in [-0.15, -0.1) is 6.58 Å². The molecule has 0 aromatic carbocycles. The van der Waals surface area contributed by atoms with Crippen LogP contribution in [0.4, 0.5) is 0 Å². The minimum atomic E-state index is -0.127. The molecule has 0 aliphatic heterocycles. The Morgan fingerprint density at radius 2 is 1.63 bits per heavy atom. The Morgan fingerprint density at radius 1 is 1.05 bits per heavy atom. The molecule has 1 heteroatoms. The summed E-state index contributed by atoms with van der Waals surface area (Å²) in [6.07, 6.45) is 12.5. The van der Waals surface area contributed by atoms with Gasteiger partial charge >= 0.3 is 0 Å². The lowest BCUT2D eigenvalue weighted by Gasteiger charge is -2.39. The summed E-state index contributed by atoms with van der Waals surface area (Å²) < 4.78 is 5.84. The van der Waals surface area contributed by atoms with Crippen LogP contribution in [0.15, 0.2) is 12.7 Å². The normalized spacial score (nSPS) is 16.3. The quantitative estimate of drug-likeness (QED) is 0.312. The Morgan fingerprint density at radius 3 is 2.05 bits per heavy atom. The maximum Gasteiger partial charge on any atom is 0.0883 e. The van der Waals surface area contributed by atoms with Crippen molar-refractivity contribution in [3.63, 3.8) is 0 Å². The van der Waals surface area contributed by atoms with Crippen molar-refractivity contribution in [1.82, 2.24) is 0 Å². The van der Waals surface area contributed by atoms with Crippen molar-refractivity contribution in [3.8, 4) is 0 Å². The molecule has 1 nitrogen and oxygen atoms in total. The Bertz CT molecular complexity index is 216. The van der Waals surface area contributed by atoms with E-state index in [0.29, 0.717) is 11.8 Å². The van der Waals surface area contributed by atoms with E-state index in [1.165, 1.54) is 44.9 Å². The molecule has 0 amide bonds. The number of hydrogen-bond acceptors (Lipinski definition) is 1. The predicted octanol–water partition coefficient (Wildman–Crippen LogP) is 5.99. The van der Waals surface area contributed by atoms with Gasteiger partial charge in [-0.25, -0.2) is 0 Å². The van der Waals surface area contributed by atoms with E-state index in [1.54, 1.807) is 0 Å². The van der Waals surface area contributed by atoms with E-state index in [1.807, 2.05) is 13.2 Å². The van der Waals surface area contributed by atoms with Gasteiger partial charge in [0.1, 0.15) is 0 Å². The predicted molar refractivity (Wildman–Crippen MR) is 86.5 cm³/mol. The van der Waals surface area contributed by atoms with Crippen molar-refractivity contribution < 1.29 is 4.74 Å². The molecule has 0 aromatic heterocycles. The van der Waals surface area contributed by atoms with Gasteiger partial charge < -0.3 is 4.74 Å². The zero-order chi connectivity index (χ0) is 14.7. The van der Waals surface area contributed by atoms with Crippen LogP contribution in [0.1, 0.15) is 79.1 Å². The summed E-state index contributed by atoms with van der Waals surface area (Å²) in [5.74, 6) is 1.24. The molecule has 0 aromatic rings. The topological polar surface area (TPSA) is 9.23 Å². The fraction of sp³-hybridized carbons (Fsp3) is 0.889. The average Bonchev–Trinajstić information content (AvgIpc) is 2.42. The lowest BCUT2D eigenvalue weighted by Crippen LogP contribution is -2.40. The van der Waals surface area contributed by atoms with Crippen LogP contribution >= 0.6 is 0 Å². The molecule has 2 atom stereocenters. The Kier molecular flexibility index (Phi) is 10.3. The van der Waals surface area contributed by atoms with Gasteiger partial charge in [0.25, 0.3) is 0 Å². The SMILES string of the molecule is C=CC(CC)(OC)C(CCCCCCCC)C(C)C. The van der Waals surface area contributed by atoms with Crippen LogP contribution in [0.25, 0.3) is 0 Å². The molecule has 0 aliphatic rings. The molecule has 0 bridgehead atoms. The molecule has 0 N–H and O–H groups in total. The van der Waals surface area contributed by atoms with Crippen LogP contribution in [-0.4, -0.2) is 12.7 Å². The van der Waals surface area contributed by atoms with Gasteiger partial charge in [-0.2, -0.15) is 0 Å². The molecule has 0 spiro atoms. The lowest BCUT2D eigenvalue weighted by molar-refractivity contribution is -0.0409. The molecule has 0 rings (SSSR count). The summed E-state index contributed by atoms with van der Waals surface area (Å²) >= 11 is 0. The summed E-state index contributed by atoms with van der Waals surface area (Å²) in [6.45, 7) is 13.1. The second-order valence-electron chi connectivity index (χ2n) is 6.12. The average molecular weight is 268 g/mol. The minimum absolute atomic E-state index is 0.127. The van der Waals surface area contributed by atoms with E-state index in [-0.39, 0.29) is 5.60 Å². The van der Waals surface area contributed by atoms with Gasteiger partial charge in [-0.3, -0.25) is 0 Å². The Balaban J connectivity index is 4.29. The summed E-state index contributed by atoms with van der Waals surface area (Å²) in [6, 6.07) is 0. The first kappa shape index (κ1) is 18.7. The van der Waals surface area contributed by atoms with E-state index < -0.39 is 0 Å². The molecular weight excluding hydrogens is 232 g/mol. The molecule has 19 heavy (non-hydrogen) atoms. The lowest BCUT2D eigenvalue weighted by atomic mass is 9.75. The highest BCUT2D eigenvalue weighted by Gasteiger charge is 2.35. The summed E-state index contributed by atoms with van der Waals surface area (Å²) in [5.41, 5.74) is -0.127. The standard InChI is InChI=1S/C18H36O/c1-7-10-11-12-13-14-15-17(16(4)5)18(8-2,9-3)19-6/h8,16-17H,2,7,9-15H2,1,3-6H3. The van der Waals surface area contributed by atoms with Crippen LogP contribution in [0, 0.1) is 11.8 Å². The van der Waals surface area contributed by atoms with Gasteiger partial charge in [-0.05, 0) is 24.7 Å². The molecule has 0 saturated carbocycles. The van der Waals surface area contributed by atoms with Crippen molar-refractivity contribution in [2.75, 3.05) is 7.11 Å². The Labute approximate surface area is 121 Å². The van der Waals surface area contributed by atoms with Crippen molar-refractivity contribution >= 4 is 0 Å². The van der Waals surface area contributed by atoms with Crippen LogP contribution in [0.5, 0.6) is 0 Å². The van der Waals surface area contributed by atoms with Crippen LogP contribution < -0.4 is 0 Å². The highest BCUT2D eigenvalue weighted by atomic mass is 16.5. The van der Waals surface area contributed by atoms with E-state index >= 15 is 0 Å². The maximum absolute atomic E-state index is 5.84. The largest absolute Gasteiger partial charge is 0.374 e. The monoisotopic (exact) mass is 268 g/mol. The maximum atomic E-state index is 5.84. The molecule has 2 unspecified atom stereocenters. The van der Waals surface area contributed by atoms with E-state index in [4.69, 9.17) is 4.74 Å². The van der Waals surface area contributed by atoms with Crippen LogP contribution in [-0.2, 0) is 4.74 Å². The third kappa shape index (κ3) is 6.12. The van der Waals surface area contributed by atoms with Gasteiger partial charge in [0.05, 0.1) is 5.60 Å². The molecule has 0 heterocycles. The number of methoxy groups -OCH3 is 1. The number of ether oxygens (including phenoxy) is 1. The van der Waals surface area contributed by atoms with Crippen molar-refractivity contribution in [1.29, 1.82) is 0 Å². The fourth-order valence-corrected chi connectivity index (χ4v) is 3.22. The summed E-state index contributed by atoms with van der Waals surface area (Å²) in [7, 11) is 1.84. The molecule has 114 valence electrons. The second kappa shape index (κ2) is 10.5. The van der Waals surface area contributed by atoms with Gasteiger partial charge in [-0.1, -0.05) is 72.3 Å². The molecule has 0 radical (unpaired) electrons. The first-order valence-electron chi connectivity index (χ1n) is 8.26. The first-order chi connectivity index (χ1) is 9.07. The van der Waals surface area contributed by atoms with Gasteiger partial charge in [0.2, 0.25) is 0 Å².